The molecule has 186 valence electrons. The Balaban J connectivity index is 1.54. The van der Waals surface area contributed by atoms with Gasteiger partial charge in [-0.05, 0) is 60.2 Å². The van der Waals surface area contributed by atoms with Crippen LogP contribution in [0.2, 0.25) is 0 Å². The summed E-state index contributed by atoms with van der Waals surface area (Å²) in [6.07, 6.45) is 3.14. The number of rotatable bonds is 8. The number of nitrogens with zero attached hydrogens (tertiary/aromatic N) is 2. The summed E-state index contributed by atoms with van der Waals surface area (Å²) in [5.74, 6) is 0.552. The summed E-state index contributed by atoms with van der Waals surface area (Å²) in [7, 11) is -2.31. The molecule has 0 saturated carbocycles. The number of amides is 1. The monoisotopic (exact) mass is 514 g/mol. The molecule has 0 atom stereocenters. The molecule has 1 heterocycles. The molecular weight excluding hydrogens is 492 g/mol. The van der Waals surface area contributed by atoms with Crippen molar-refractivity contribution in [1.82, 2.24) is 4.98 Å². The average Bonchev–Trinajstić information content (AvgIpc) is 2.90. The number of fused-ring (bicyclic) bond motifs is 1. The van der Waals surface area contributed by atoms with Crippen molar-refractivity contribution in [2.45, 2.75) is 11.5 Å². The number of ether oxygens (including phenoxy) is 2. The van der Waals surface area contributed by atoms with Crippen molar-refractivity contribution >= 4 is 38.6 Å². The fraction of sp³-hybridized carbons (Fsp3) is 0.0741. The number of anilines is 1. The number of hydrogen-bond donors (Lipinski definition) is 2. The van der Waals surface area contributed by atoms with Crippen molar-refractivity contribution in [3.8, 4) is 17.6 Å². The lowest BCUT2D eigenvalue weighted by atomic mass is 10.1. The molecule has 0 aliphatic heterocycles. The average molecular weight is 515 g/mol. The molecule has 3 N–H and O–H groups in total. The summed E-state index contributed by atoms with van der Waals surface area (Å²) in [6.45, 7) is 0.172. The molecule has 0 unspecified atom stereocenters. The SMILES string of the molecule is COc1ccc(/C=C(\C#N)C(=O)Nc2ccc(S(N)(=O)=O)cc2)cc1COc1cccc2cccnc12. The standard InChI is InChI=1S/C27H22N4O5S/c1-35-24-12-7-18(15-21(24)17-36-25-6-2-4-19-5-3-13-30-26(19)25)14-20(16-28)27(32)31-22-8-10-23(11-9-22)37(29,33)34/h2-15H,17H2,1H3,(H,31,32)(H2,29,33,34)/b20-14+. The predicted octanol–water partition coefficient (Wildman–Crippen LogP) is 4.02. The lowest BCUT2D eigenvalue weighted by molar-refractivity contribution is -0.112. The van der Waals surface area contributed by atoms with E-state index in [-0.39, 0.29) is 17.1 Å². The van der Waals surface area contributed by atoms with Gasteiger partial charge in [0.05, 0.1) is 12.0 Å². The topological polar surface area (TPSA) is 144 Å². The number of hydrogen-bond acceptors (Lipinski definition) is 7. The molecule has 0 aliphatic rings. The maximum absolute atomic E-state index is 12.7. The van der Waals surface area contributed by atoms with Gasteiger partial charge in [-0.2, -0.15) is 5.26 Å². The zero-order valence-corrected chi connectivity index (χ0v) is 20.5. The Kier molecular flexibility index (Phi) is 7.48. The van der Waals surface area contributed by atoms with Crippen molar-refractivity contribution in [2.75, 3.05) is 12.4 Å². The van der Waals surface area contributed by atoms with Gasteiger partial charge >= 0.3 is 0 Å². The maximum atomic E-state index is 12.7. The molecule has 9 nitrogen and oxygen atoms in total. The van der Waals surface area contributed by atoms with Crippen LogP contribution in [0.3, 0.4) is 0 Å². The number of primary sulfonamides is 1. The number of sulfonamides is 1. The summed E-state index contributed by atoms with van der Waals surface area (Å²) in [6, 6.07) is 21.9. The first-order valence-electron chi connectivity index (χ1n) is 11.0. The second kappa shape index (κ2) is 10.9. The van der Waals surface area contributed by atoms with E-state index >= 15 is 0 Å². The van der Waals surface area contributed by atoms with E-state index in [1.807, 2.05) is 36.4 Å². The lowest BCUT2D eigenvalue weighted by Gasteiger charge is -2.12. The van der Waals surface area contributed by atoms with E-state index in [0.717, 1.165) is 10.9 Å². The van der Waals surface area contributed by atoms with Gasteiger partial charge in [0.15, 0.2) is 0 Å². The summed E-state index contributed by atoms with van der Waals surface area (Å²) in [5, 5.41) is 18.2. The number of pyridine rings is 1. The van der Waals surface area contributed by atoms with Crippen molar-refractivity contribution in [3.05, 3.63) is 95.7 Å². The van der Waals surface area contributed by atoms with Crippen LogP contribution in [0.15, 0.2) is 89.5 Å². The Morgan fingerprint density at radius 1 is 1.08 bits per heavy atom. The van der Waals surface area contributed by atoms with E-state index in [1.54, 1.807) is 31.5 Å². The van der Waals surface area contributed by atoms with Crippen LogP contribution in [-0.4, -0.2) is 26.4 Å². The van der Waals surface area contributed by atoms with E-state index in [9.17, 15) is 18.5 Å². The van der Waals surface area contributed by atoms with Crippen LogP contribution in [0.1, 0.15) is 11.1 Å². The van der Waals surface area contributed by atoms with E-state index in [4.69, 9.17) is 14.6 Å². The number of carbonyl (C=O) groups excluding carboxylic acids is 1. The zero-order chi connectivity index (χ0) is 26.4. The molecule has 1 amide bonds. The van der Waals surface area contributed by atoms with Gasteiger partial charge in [0.1, 0.15) is 35.3 Å². The molecule has 0 bridgehead atoms. The van der Waals surface area contributed by atoms with Gasteiger partial charge in [0.25, 0.3) is 5.91 Å². The number of para-hydroxylation sites is 1. The predicted molar refractivity (Wildman–Crippen MR) is 139 cm³/mol. The number of benzene rings is 3. The van der Waals surface area contributed by atoms with Gasteiger partial charge in [0, 0.05) is 22.8 Å². The van der Waals surface area contributed by atoms with E-state index in [2.05, 4.69) is 10.3 Å². The van der Waals surface area contributed by atoms with Crippen LogP contribution in [-0.2, 0) is 21.4 Å². The second-order valence-corrected chi connectivity index (χ2v) is 9.45. The first kappa shape index (κ1) is 25.4. The molecule has 0 radical (unpaired) electrons. The van der Waals surface area contributed by atoms with Gasteiger partial charge in [0.2, 0.25) is 10.0 Å². The molecule has 4 rings (SSSR count). The van der Waals surface area contributed by atoms with Gasteiger partial charge in [-0.25, -0.2) is 13.6 Å². The molecule has 1 aromatic heterocycles. The lowest BCUT2D eigenvalue weighted by Crippen LogP contribution is -2.14. The quantitative estimate of drug-likeness (QED) is 0.267. The van der Waals surface area contributed by atoms with Gasteiger partial charge in [-0.3, -0.25) is 9.78 Å². The van der Waals surface area contributed by atoms with Gasteiger partial charge in [-0.15, -0.1) is 0 Å². The molecule has 10 heteroatoms. The van der Waals surface area contributed by atoms with Crippen LogP contribution < -0.4 is 19.9 Å². The highest BCUT2D eigenvalue weighted by atomic mass is 32.2. The number of nitrogens with one attached hydrogen (secondary N) is 1. The first-order chi connectivity index (χ1) is 17.8. The van der Waals surface area contributed by atoms with E-state index < -0.39 is 15.9 Å². The minimum absolute atomic E-state index is 0.0891. The number of nitrogens with two attached hydrogens (primary N) is 1. The number of aromatic nitrogens is 1. The smallest absolute Gasteiger partial charge is 0.266 e. The number of methoxy groups -OCH3 is 1. The normalized spacial score (nSPS) is 11.5. The Morgan fingerprint density at radius 3 is 2.54 bits per heavy atom. The molecule has 37 heavy (non-hydrogen) atoms. The first-order valence-corrected chi connectivity index (χ1v) is 12.5. The minimum Gasteiger partial charge on any atom is -0.496 e. The highest BCUT2D eigenvalue weighted by Gasteiger charge is 2.13. The Morgan fingerprint density at radius 2 is 1.84 bits per heavy atom. The molecule has 0 spiro atoms. The molecular formula is C27H22N4O5S. The molecule has 0 saturated heterocycles. The minimum atomic E-state index is -3.85. The van der Waals surface area contributed by atoms with Gasteiger partial charge in [-0.1, -0.05) is 24.3 Å². The Labute approximate surface area is 213 Å². The largest absolute Gasteiger partial charge is 0.496 e. The number of carbonyl (C=O) groups is 1. The highest BCUT2D eigenvalue weighted by Crippen LogP contribution is 2.27. The van der Waals surface area contributed by atoms with Crippen LogP contribution in [0.4, 0.5) is 5.69 Å². The Hall–Kier alpha value is -4.72. The number of nitriles is 1. The highest BCUT2D eigenvalue weighted by molar-refractivity contribution is 7.89. The summed E-state index contributed by atoms with van der Waals surface area (Å²) in [5.41, 5.74) is 2.20. The molecule has 0 aliphatic carbocycles. The van der Waals surface area contributed by atoms with Crippen molar-refractivity contribution in [3.63, 3.8) is 0 Å². The van der Waals surface area contributed by atoms with E-state index in [0.29, 0.717) is 28.3 Å². The van der Waals surface area contributed by atoms with Crippen molar-refractivity contribution < 1.29 is 22.7 Å². The fourth-order valence-corrected chi connectivity index (χ4v) is 4.11. The zero-order valence-electron chi connectivity index (χ0n) is 19.7. The van der Waals surface area contributed by atoms with Crippen LogP contribution >= 0.6 is 0 Å². The fourth-order valence-electron chi connectivity index (χ4n) is 3.59. The van der Waals surface area contributed by atoms with Crippen molar-refractivity contribution in [2.24, 2.45) is 5.14 Å². The molecule has 4 aromatic rings. The molecule has 0 fully saturated rings. The van der Waals surface area contributed by atoms with Crippen LogP contribution in [0.5, 0.6) is 11.5 Å². The third kappa shape index (κ3) is 6.10. The second-order valence-electron chi connectivity index (χ2n) is 7.88. The Bertz CT molecular complexity index is 1640. The summed E-state index contributed by atoms with van der Waals surface area (Å²) < 4.78 is 34.3. The maximum Gasteiger partial charge on any atom is 0.266 e. The third-order valence-corrected chi connectivity index (χ3v) is 6.33. The van der Waals surface area contributed by atoms with Crippen LogP contribution in [0.25, 0.3) is 17.0 Å². The summed E-state index contributed by atoms with van der Waals surface area (Å²) >= 11 is 0. The van der Waals surface area contributed by atoms with Gasteiger partial charge < -0.3 is 14.8 Å². The molecule has 3 aromatic carbocycles. The van der Waals surface area contributed by atoms with Crippen molar-refractivity contribution in [1.29, 1.82) is 5.26 Å². The summed E-state index contributed by atoms with van der Waals surface area (Å²) in [4.78, 5) is 17.0. The third-order valence-electron chi connectivity index (χ3n) is 5.40. The van der Waals surface area contributed by atoms with Crippen LogP contribution in [0, 0.1) is 11.3 Å². The van der Waals surface area contributed by atoms with E-state index in [1.165, 1.54) is 30.3 Å².